The van der Waals surface area contributed by atoms with Gasteiger partial charge in [0.2, 0.25) is 0 Å². The van der Waals surface area contributed by atoms with Crippen LogP contribution in [0.15, 0.2) is 69.8 Å². The molecule has 1 N–H and O–H groups in total. The summed E-state index contributed by atoms with van der Waals surface area (Å²) in [5.74, 6) is 1.30. The molecule has 0 aliphatic carbocycles. The summed E-state index contributed by atoms with van der Waals surface area (Å²) >= 11 is 3.39. The van der Waals surface area contributed by atoms with E-state index in [-0.39, 0.29) is 24.3 Å². The van der Waals surface area contributed by atoms with Crippen LogP contribution in [0.2, 0.25) is 0 Å². The third kappa shape index (κ3) is 4.70. The molecule has 128 valence electrons. The second-order valence-corrected chi connectivity index (χ2v) is 6.40. The molecule has 0 aliphatic rings. The number of aromatic nitrogens is 1. The first-order valence-corrected chi connectivity index (χ1v) is 8.59. The van der Waals surface area contributed by atoms with Gasteiger partial charge in [0.15, 0.2) is 5.76 Å². The number of furan rings is 1. The van der Waals surface area contributed by atoms with E-state index in [2.05, 4.69) is 26.2 Å². The fraction of sp³-hybridized carbons (Fsp3) is 0.158. The van der Waals surface area contributed by atoms with Gasteiger partial charge in [0, 0.05) is 16.9 Å². The Bertz CT molecular complexity index is 849. The first kappa shape index (κ1) is 17.2. The lowest BCUT2D eigenvalue weighted by Crippen LogP contribution is -2.26. The number of rotatable bonds is 6. The summed E-state index contributed by atoms with van der Waals surface area (Å²) in [6.07, 6.45) is 3.39. The van der Waals surface area contributed by atoms with Crippen LogP contribution in [0, 0.1) is 0 Å². The fourth-order valence-corrected chi connectivity index (χ4v) is 2.67. The lowest BCUT2D eigenvalue weighted by Gasteiger charge is -2.12. The van der Waals surface area contributed by atoms with E-state index >= 15 is 0 Å². The number of carbonyl (C=O) groups excluding carboxylic acids is 1. The van der Waals surface area contributed by atoms with Gasteiger partial charge >= 0.3 is 0 Å². The zero-order chi connectivity index (χ0) is 17.6. The van der Waals surface area contributed by atoms with E-state index in [1.165, 1.54) is 0 Å². The second kappa shape index (κ2) is 7.98. The van der Waals surface area contributed by atoms with E-state index in [9.17, 15) is 4.79 Å². The van der Waals surface area contributed by atoms with Gasteiger partial charge in [-0.2, -0.15) is 0 Å². The molecule has 1 amide bonds. The van der Waals surface area contributed by atoms with Crippen LogP contribution in [-0.4, -0.2) is 10.9 Å². The maximum atomic E-state index is 12.3. The maximum Gasteiger partial charge on any atom is 0.287 e. The summed E-state index contributed by atoms with van der Waals surface area (Å²) < 4.78 is 12.2. The van der Waals surface area contributed by atoms with Crippen LogP contribution in [0.1, 0.15) is 34.8 Å². The van der Waals surface area contributed by atoms with Crippen LogP contribution >= 0.6 is 15.9 Å². The van der Waals surface area contributed by atoms with Gasteiger partial charge in [0.05, 0.1) is 6.04 Å². The molecular weight excluding hydrogens is 384 g/mol. The van der Waals surface area contributed by atoms with Gasteiger partial charge in [-0.15, -0.1) is 0 Å². The fourth-order valence-electron chi connectivity index (χ4n) is 2.29. The average molecular weight is 401 g/mol. The van der Waals surface area contributed by atoms with Crippen LogP contribution in [0.4, 0.5) is 0 Å². The number of pyridine rings is 1. The van der Waals surface area contributed by atoms with Crippen molar-refractivity contribution >= 4 is 21.8 Å². The Hall–Kier alpha value is -2.60. The number of hydrogen-bond acceptors (Lipinski definition) is 4. The highest BCUT2D eigenvalue weighted by Crippen LogP contribution is 2.20. The Morgan fingerprint density at radius 3 is 2.80 bits per heavy atom. The van der Waals surface area contributed by atoms with E-state index in [4.69, 9.17) is 9.15 Å². The summed E-state index contributed by atoms with van der Waals surface area (Å²) in [4.78, 5) is 16.3. The highest BCUT2D eigenvalue weighted by molar-refractivity contribution is 9.10. The van der Waals surface area contributed by atoms with E-state index in [0.29, 0.717) is 5.76 Å². The van der Waals surface area contributed by atoms with Gasteiger partial charge in [-0.1, -0.05) is 22.0 Å². The molecule has 0 saturated carbocycles. The third-order valence-corrected chi connectivity index (χ3v) is 4.11. The lowest BCUT2D eigenvalue weighted by atomic mass is 10.1. The molecule has 3 rings (SSSR count). The van der Waals surface area contributed by atoms with Gasteiger partial charge in [-0.25, -0.2) is 0 Å². The molecule has 0 fully saturated rings. The summed E-state index contributed by atoms with van der Waals surface area (Å²) in [6, 6.07) is 14.5. The van der Waals surface area contributed by atoms with Gasteiger partial charge < -0.3 is 14.5 Å². The van der Waals surface area contributed by atoms with Crippen LogP contribution in [0.3, 0.4) is 0 Å². The molecule has 1 unspecified atom stereocenters. The molecule has 0 bridgehead atoms. The molecule has 1 atom stereocenters. The SMILES string of the molecule is CC(NC(=O)c1ccc(COc2cccc(Br)c2)o1)c1ccncc1. The van der Waals surface area contributed by atoms with Crippen molar-refractivity contribution in [2.45, 2.75) is 19.6 Å². The van der Waals surface area contributed by atoms with Crippen molar-refractivity contribution in [2.75, 3.05) is 0 Å². The number of halogens is 1. The number of ether oxygens (including phenoxy) is 1. The summed E-state index contributed by atoms with van der Waals surface area (Å²) in [6.45, 7) is 2.16. The van der Waals surface area contributed by atoms with Gasteiger partial charge in [0.25, 0.3) is 5.91 Å². The molecule has 0 radical (unpaired) electrons. The van der Waals surface area contributed by atoms with Crippen molar-refractivity contribution in [1.29, 1.82) is 0 Å². The largest absolute Gasteiger partial charge is 0.486 e. The highest BCUT2D eigenvalue weighted by Gasteiger charge is 2.15. The molecule has 3 aromatic rings. The predicted molar refractivity (Wildman–Crippen MR) is 97.3 cm³/mol. The summed E-state index contributed by atoms with van der Waals surface area (Å²) in [5, 5.41) is 2.90. The first-order valence-electron chi connectivity index (χ1n) is 7.79. The maximum absolute atomic E-state index is 12.3. The van der Waals surface area contributed by atoms with Crippen molar-refractivity contribution in [2.24, 2.45) is 0 Å². The topological polar surface area (TPSA) is 64.4 Å². The van der Waals surface area contributed by atoms with Crippen molar-refractivity contribution in [1.82, 2.24) is 10.3 Å². The molecular formula is C19H17BrN2O3. The van der Waals surface area contributed by atoms with Crippen molar-refractivity contribution < 1.29 is 13.9 Å². The zero-order valence-electron chi connectivity index (χ0n) is 13.6. The quantitative estimate of drug-likeness (QED) is 0.660. The molecule has 25 heavy (non-hydrogen) atoms. The Morgan fingerprint density at radius 1 is 1.24 bits per heavy atom. The lowest BCUT2D eigenvalue weighted by molar-refractivity contribution is 0.0907. The summed E-state index contributed by atoms with van der Waals surface area (Å²) in [5.41, 5.74) is 0.980. The van der Waals surface area contributed by atoms with E-state index in [1.54, 1.807) is 24.5 Å². The second-order valence-electron chi connectivity index (χ2n) is 5.49. The monoisotopic (exact) mass is 400 g/mol. The molecule has 2 heterocycles. The number of amides is 1. The number of hydrogen-bond donors (Lipinski definition) is 1. The minimum atomic E-state index is -0.266. The third-order valence-electron chi connectivity index (χ3n) is 3.62. The van der Waals surface area contributed by atoms with Crippen LogP contribution in [0.25, 0.3) is 0 Å². The Kier molecular flexibility index (Phi) is 5.50. The minimum absolute atomic E-state index is 0.137. The van der Waals surface area contributed by atoms with Gasteiger partial charge in [-0.3, -0.25) is 9.78 Å². The van der Waals surface area contributed by atoms with Crippen molar-refractivity contribution in [3.63, 3.8) is 0 Å². The standard InChI is InChI=1S/C19H17BrN2O3/c1-13(14-7-9-21-10-8-14)22-19(23)18-6-5-17(25-18)12-24-16-4-2-3-15(20)11-16/h2-11,13H,12H2,1H3,(H,22,23). The smallest absolute Gasteiger partial charge is 0.287 e. The molecule has 1 aromatic carbocycles. The van der Waals surface area contributed by atoms with Crippen LogP contribution < -0.4 is 10.1 Å². The minimum Gasteiger partial charge on any atom is -0.486 e. The average Bonchev–Trinajstić information content (AvgIpc) is 3.10. The molecule has 6 heteroatoms. The molecule has 0 saturated heterocycles. The Balaban J connectivity index is 1.58. The van der Waals surface area contributed by atoms with Crippen molar-refractivity contribution in [3.05, 3.63) is 82.5 Å². The number of nitrogens with zero attached hydrogens (tertiary/aromatic N) is 1. The molecule has 0 aliphatic heterocycles. The number of carbonyl (C=O) groups is 1. The molecule has 0 spiro atoms. The highest BCUT2D eigenvalue weighted by atomic mass is 79.9. The van der Waals surface area contributed by atoms with E-state index in [0.717, 1.165) is 15.8 Å². The molecule has 5 nitrogen and oxygen atoms in total. The van der Waals surface area contributed by atoms with Gasteiger partial charge in [-0.05, 0) is 55.0 Å². The normalized spacial score (nSPS) is 11.8. The number of benzene rings is 1. The molecule has 2 aromatic heterocycles. The number of nitrogens with one attached hydrogen (secondary N) is 1. The van der Waals surface area contributed by atoms with Crippen LogP contribution in [0.5, 0.6) is 5.75 Å². The summed E-state index contributed by atoms with van der Waals surface area (Å²) in [7, 11) is 0. The van der Waals surface area contributed by atoms with Crippen LogP contribution in [-0.2, 0) is 6.61 Å². The van der Waals surface area contributed by atoms with Gasteiger partial charge in [0.1, 0.15) is 18.1 Å². The zero-order valence-corrected chi connectivity index (χ0v) is 15.2. The van der Waals surface area contributed by atoms with E-state index in [1.807, 2.05) is 43.3 Å². The first-order chi connectivity index (χ1) is 12.1. The predicted octanol–water partition coefficient (Wildman–Crippen LogP) is 4.51. The Labute approximate surface area is 154 Å². The van der Waals surface area contributed by atoms with Crippen molar-refractivity contribution in [3.8, 4) is 5.75 Å². The van der Waals surface area contributed by atoms with E-state index < -0.39 is 0 Å². The Morgan fingerprint density at radius 2 is 2.04 bits per heavy atom.